The Labute approximate surface area is 280 Å². The van der Waals surface area contributed by atoms with Gasteiger partial charge in [0.1, 0.15) is 11.3 Å². The fourth-order valence-corrected chi connectivity index (χ4v) is 5.92. The Hall–Kier alpha value is -4.94. The van der Waals surface area contributed by atoms with E-state index in [1.165, 1.54) is 34.1 Å². The lowest BCUT2D eigenvalue weighted by Gasteiger charge is -2.13. The van der Waals surface area contributed by atoms with Gasteiger partial charge in [-0.25, -0.2) is 4.39 Å². The van der Waals surface area contributed by atoms with Crippen molar-refractivity contribution in [2.24, 2.45) is 0 Å². The maximum Gasteiger partial charge on any atom is 0.268 e. The lowest BCUT2D eigenvalue weighted by molar-refractivity contribution is 0.102. The highest BCUT2D eigenvalue weighted by atomic mass is 35.5. The molecule has 2 aromatic carbocycles. The van der Waals surface area contributed by atoms with Gasteiger partial charge < -0.3 is 20.1 Å². The van der Waals surface area contributed by atoms with Crippen LogP contribution in [0.4, 0.5) is 10.1 Å². The van der Waals surface area contributed by atoms with Crippen LogP contribution in [-0.2, 0) is 11.3 Å². The summed E-state index contributed by atoms with van der Waals surface area (Å²) in [5, 5.41) is 5.93. The number of pyridine rings is 3. The van der Waals surface area contributed by atoms with E-state index >= 15 is 4.39 Å². The van der Waals surface area contributed by atoms with E-state index in [1.807, 2.05) is 42.6 Å². The molecule has 0 bridgehead atoms. The molecule has 0 spiro atoms. The summed E-state index contributed by atoms with van der Waals surface area (Å²) in [5.41, 5.74) is 3.53. The maximum absolute atomic E-state index is 15.3. The first kappa shape index (κ1) is 33.4. The molecule has 0 radical (unpaired) electrons. The van der Waals surface area contributed by atoms with E-state index in [9.17, 15) is 9.59 Å². The molecule has 240 valence electrons. The molecule has 12 heteroatoms. The molecule has 9 nitrogen and oxygen atoms in total. The normalized spacial score (nSPS) is 10.9. The van der Waals surface area contributed by atoms with Crippen LogP contribution in [-0.4, -0.2) is 40.7 Å². The van der Waals surface area contributed by atoms with Crippen molar-refractivity contribution in [1.29, 1.82) is 0 Å². The number of methoxy groups -OCH3 is 1. The van der Waals surface area contributed by atoms with Crippen molar-refractivity contribution in [3.8, 4) is 27.8 Å². The monoisotopic (exact) mass is 671 g/mol. The molecule has 0 saturated carbocycles. The summed E-state index contributed by atoms with van der Waals surface area (Å²) in [7, 11) is 1.67. The lowest BCUT2D eigenvalue weighted by Crippen LogP contribution is -2.29. The minimum absolute atomic E-state index is 0. The number of ether oxygens (including phenoxy) is 2. The van der Waals surface area contributed by atoms with Gasteiger partial charge in [0.05, 0.1) is 27.4 Å². The van der Waals surface area contributed by atoms with Gasteiger partial charge in [0.15, 0.2) is 11.6 Å². The summed E-state index contributed by atoms with van der Waals surface area (Å²) >= 11 is 1.45. The number of halogens is 2. The molecule has 6 rings (SSSR count). The molecule has 2 N–H and O–H groups in total. The lowest BCUT2D eigenvalue weighted by atomic mass is 10.2. The predicted octanol–water partition coefficient (Wildman–Crippen LogP) is 7.16. The zero-order chi connectivity index (χ0) is 32.0. The first-order valence-corrected chi connectivity index (χ1v) is 15.3. The number of anilines is 1. The van der Waals surface area contributed by atoms with Crippen molar-refractivity contribution in [1.82, 2.24) is 19.9 Å². The van der Waals surface area contributed by atoms with E-state index in [-0.39, 0.29) is 29.4 Å². The third-order valence-corrected chi connectivity index (χ3v) is 8.37. The summed E-state index contributed by atoms with van der Waals surface area (Å²) in [6.07, 6.45) is 3.44. The third-order valence-electron chi connectivity index (χ3n) is 7.21. The van der Waals surface area contributed by atoms with Gasteiger partial charge in [0, 0.05) is 61.8 Å². The van der Waals surface area contributed by atoms with Gasteiger partial charge >= 0.3 is 0 Å². The number of nitrogens with zero attached hydrogens (tertiary/aromatic N) is 3. The molecule has 0 atom stereocenters. The number of carbonyl (C=O) groups is 1. The Bertz CT molecular complexity index is 2070. The minimum atomic E-state index is -0.679. The molecule has 0 aliphatic heterocycles. The Morgan fingerprint density at radius 2 is 1.81 bits per heavy atom. The van der Waals surface area contributed by atoms with Gasteiger partial charge in [-0.3, -0.25) is 24.1 Å². The zero-order valence-corrected chi connectivity index (χ0v) is 27.2. The molecule has 0 unspecified atom stereocenters. The van der Waals surface area contributed by atoms with Crippen LogP contribution in [0.2, 0.25) is 0 Å². The number of hydrogen-bond acceptors (Lipinski definition) is 8. The van der Waals surface area contributed by atoms with E-state index < -0.39 is 17.3 Å². The second kappa shape index (κ2) is 15.1. The standard InChI is InChI=1S/C35H30FN5O4S.ClH/c1-22-8-11-26(35(43)41(22)25-6-4-3-5-7-25)34(42)40-24-10-13-30(27(36)18-24)45-31-14-15-38-29-19-32(46-33(29)31)28-12-9-23(21-39-28)20-37-16-17-44-2;/h3-15,18-19,21,37H,16-17,20H2,1-2H3,(H,40,42);1H. The van der Waals surface area contributed by atoms with Crippen LogP contribution >= 0.6 is 23.7 Å². The highest BCUT2D eigenvalue weighted by Crippen LogP contribution is 2.39. The summed E-state index contributed by atoms with van der Waals surface area (Å²) < 4.78 is 28.5. The average molecular weight is 672 g/mol. The Morgan fingerprint density at radius 3 is 2.55 bits per heavy atom. The maximum atomic E-state index is 15.3. The minimum Gasteiger partial charge on any atom is -0.453 e. The molecular formula is C35H31ClFN5O4S. The van der Waals surface area contributed by atoms with Crippen LogP contribution in [0.1, 0.15) is 21.6 Å². The quantitative estimate of drug-likeness (QED) is 0.141. The van der Waals surface area contributed by atoms with E-state index in [2.05, 4.69) is 20.6 Å². The Balaban J connectivity index is 0.00000433. The molecule has 47 heavy (non-hydrogen) atoms. The number of aromatic nitrogens is 3. The smallest absolute Gasteiger partial charge is 0.268 e. The summed E-state index contributed by atoms with van der Waals surface area (Å²) in [6.45, 7) is 3.88. The van der Waals surface area contributed by atoms with Gasteiger partial charge in [-0.05, 0) is 61.0 Å². The molecule has 0 aliphatic rings. The molecule has 0 aliphatic carbocycles. The van der Waals surface area contributed by atoms with E-state index in [0.717, 1.165) is 33.4 Å². The first-order chi connectivity index (χ1) is 22.4. The van der Waals surface area contributed by atoms with Gasteiger partial charge in [0.25, 0.3) is 11.5 Å². The van der Waals surface area contributed by atoms with Gasteiger partial charge in [0.2, 0.25) is 0 Å². The number of hydrogen-bond donors (Lipinski definition) is 2. The summed E-state index contributed by atoms with van der Waals surface area (Å²) in [4.78, 5) is 36.3. The molecule has 4 heterocycles. The molecular weight excluding hydrogens is 641 g/mol. The molecule has 0 fully saturated rings. The number of para-hydroxylation sites is 1. The van der Waals surface area contributed by atoms with Crippen LogP contribution in [0.3, 0.4) is 0 Å². The second-order valence-electron chi connectivity index (χ2n) is 10.4. The molecule has 0 saturated heterocycles. The number of carbonyl (C=O) groups excluding carboxylic acids is 1. The fourth-order valence-electron chi connectivity index (χ4n) is 4.88. The van der Waals surface area contributed by atoms with E-state index in [4.69, 9.17) is 9.47 Å². The van der Waals surface area contributed by atoms with Crippen LogP contribution < -0.4 is 20.9 Å². The summed E-state index contributed by atoms with van der Waals surface area (Å²) in [6, 6.07) is 23.9. The number of amides is 1. The largest absolute Gasteiger partial charge is 0.453 e. The van der Waals surface area contributed by atoms with Crippen LogP contribution in [0.15, 0.2) is 102 Å². The second-order valence-corrected chi connectivity index (χ2v) is 11.5. The van der Waals surface area contributed by atoms with Gasteiger partial charge in [-0.2, -0.15) is 0 Å². The van der Waals surface area contributed by atoms with E-state index in [1.54, 1.807) is 44.5 Å². The zero-order valence-electron chi connectivity index (χ0n) is 25.5. The van der Waals surface area contributed by atoms with Crippen LogP contribution in [0.25, 0.3) is 26.5 Å². The number of benzene rings is 2. The first-order valence-electron chi connectivity index (χ1n) is 14.5. The van der Waals surface area contributed by atoms with Crippen molar-refractivity contribution in [2.75, 3.05) is 25.6 Å². The van der Waals surface area contributed by atoms with Crippen molar-refractivity contribution in [2.45, 2.75) is 13.5 Å². The van der Waals surface area contributed by atoms with Gasteiger partial charge in [-0.15, -0.1) is 23.7 Å². The number of thiophene rings is 1. The highest BCUT2D eigenvalue weighted by Gasteiger charge is 2.17. The third kappa shape index (κ3) is 7.55. The SMILES string of the molecule is COCCNCc1ccc(-c2cc3nccc(Oc4ccc(NC(=O)c5ccc(C)n(-c6ccccc6)c5=O)cc4F)c3s2)nc1.Cl. The number of aryl methyl sites for hydroxylation is 1. The fraction of sp³-hybridized carbons (Fsp3) is 0.143. The molecule has 1 amide bonds. The number of nitrogens with one attached hydrogen (secondary N) is 2. The average Bonchev–Trinajstić information content (AvgIpc) is 3.51. The van der Waals surface area contributed by atoms with Gasteiger partial charge in [-0.1, -0.05) is 24.3 Å². The van der Waals surface area contributed by atoms with Crippen molar-refractivity contribution in [3.05, 3.63) is 130 Å². The summed E-state index contributed by atoms with van der Waals surface area (Å²) in [5.74, 6) is -0.905. The van der Waals surface area contributed by atoms with Crippen molar-refractivity contribution >= 4 is 45.6 Å². The molecule has 6 aromatic rings. The number of rotatable bonds is 11. The van der Waals surface area contributed by atoms with Crippen molar-refractivity contribution < 1.29 is 18.7 Å². The Morgan fingerprint density at radius 1 is 0.979 bits per heavy atom. The van der Waals surface area contributed by atoms with Crippen molar-refractivity contribution in [3.63, 3.8) is 0 Å². The topological polar surface area (TPSA) is 107 Å². The molecule has 4 aromatic heterocycles. The Kier molecular flexibility index (Phi) is 10.7. The van der Waals surface area contributed by atoms with Crippen LogP contribution in [0.5, 0.6) is 11.5 Å². The number of fused-ring (bicyclic) bond motifs is 1. The van der Waals surface area contributed by atoms with Crippen LogP contribution in [0, 0.1) is 12.7 Å². The predicted molar refractivity (Wildman–Crippen MR) is 185 cm³/mol. The highest BCUT2D eigenvalue weighted by molar-refractivity contribution is 7.22. The van der Waals surface area contributed by atoms with E-state index in [0.29, 0.717) is 35.8 Å².